The van der Waals surface area contributed by atoms with Crippen molar-refractivity contribution in [2.45, 2.75) is 0 Å². The maximum atomic E-state index is 4.78. The Bertz CT molecular complexity index is 1330. The summed E-state index contributed by atoms with van der Waals surface area (Å²) >= 11 is 5.87. The summed E-state index contributed by atoms with van der Waals surface area (Å²) in [6.07, 6.45) is 3.44. The summed E-state index contributed by atoms with van der Waals surface area (Å²) < 4.78 is 0. The van der Waals surface area contributed by atoms with Crippen molar-refractivity contribution in [2.75, 3.05) is 0 Å². The molecule has 0 fully saturated rings. The Morgan fingerprint density at radius 3 is 1.95 bits per heavy atom. The number of benzene rings is 4. The van der Waals surface area contributed by atoms with E-state index in [2.05, 4.69) is 102 Å². The Labute approximate surface area is 253 Å². The molecular weight excluding hydrogens is 734 g/mol. The van der Waals surface area contributed by atoms with Gasteiger partial charge < -0.3 is 23.2 Å². The van der Waals surface area contributed by atoms with Crippen molar-refractivity contribution < 1.29 is 38.7 Å². The number of halogens is 1. The molecule has 0 unspecified atom stereocenters. The third kappa shape index (κ3) is 8.53. The number of aromatic nitrogens is 1. The molecule has 0 aliphatic carbocycles. The first-order chi connectivity index (χ1) is 16.9. The molecule has 0 atom stereocenters. The number of aliphatic imine (C=N–C) groups is 1. The number of rotatable bonds is 6. The van der Waals surface area contributed by atoms with Crippen LogP contribution >= 0.6 is 28.3 Å². The summed E-state index contributed by atoms with van der Waals surface area (Å²) in [6, 6.07) is 39.6. The molecule has 0 saturated heterocycles. The van der Waals surface area contributed by atoms with E-state index in [1.54, 1.807) is 32.9 Å². The topological polar surface area (TPSA) is 69.3 Å². The largest absolute Gasteiger partial charge is 2.00 e. The first kappa shape index (κ1) is 33.1. The van der Waals surface area contributed by atoms with Crippen LogP contribution in [0.5, 0.6) is 0 Å². The predicted molar refractivity (Wildman–Crippen MR) is 160 cm³/mol. The van der Waals surface area contributed by atoms with Crippen LogP contribution in [-0.2, 0) is 33.2 Å². The van der Waals surface area contributed by atoms with Gasteiger partial charge in [-0.3, -0.25) is 4.98 Å². The van der Waals surface area contributed by atoms with Crippen LogP contribution in [0.15, 0.2) is 126 Å². The first-order valence-corrected chi connectivity index (χ1v) is 15.0. The molecule has 0 saturated carbocycles. The quantitative estimate of drug-likeness (QED) is 0.0450. The number of hydrogen-bond acceptors (Lipinski definition) is 3. The van der Waals surface area contributed by atoms with Crippen molar-refractivity contribution in [3.05, 3.63) is 134 Å². The normalized spacial score (nSPS) is 9.95. The van der Waals surface area contributed by atoms with E-state index in [4.69, 9.17) is 4.99 Å². The van der Waals surface area contributed by atoms with Gasteiger partial charge in [0, 0.05) is 11.6 Å². The van der Waals surface area contributed by atoms with Crippen LogP contribution in [-0.4, -0.2) is 16.8 Å². The molecule has 0 amide bonds. The molecule has 0 spiro atoms. The Balaban J connectivity index is 0.00000134. The smallest absolute Gasteiger partial charge is 0.870 e. The van der Waals surface area contributed by atoms with Gasteiger partial charge in [0.2, 0.25) is 0 Å². The van der Waals surface area contributed by atoms with Crippen LogP contribution in [0.1, 0.15) is 0 Å². The van der Waals surface area contributed by atoms with Crippen LogP contribution in [0.4, 0.5) is 11.4 Å². The Morgan fingerprint density at radius 1 is 0.730 bits per heavy atom. The minimum Gasteiger partial charge on any atom is -0.870 e. The second kappa shape index (κ2) is 17.5. The zero-order valence-corrected chi connectivity index (χ0v) is 25.4. The molecule has 195 valence electrons. The summed E-state index contributed by atoms with van der Waals surface area (Å²) in [7, 11) is -0.734. The zero-order chi connectivity index (χ0) is 23.6. The van der Waals surface area contributed by atoms with Crippen LogP contribution < -0.4 is 15.9 Å². The average Bonchev–Trinajstić information content (AvgIpc) is 2.92. The molecule has 1 N–H and O–H groups in total. The van der Waals surface area contributed by atoms with E-state index in [1.807, 2.05) is 36.4 Å². The van der Waals surface area contributed by atoms with Gasteiger partial charge >= 0.3 is 53.5 Å². The second-order valence-electron chi connectivity index (χ2n) is 7.22. The van der Waals surface area contributed by atoms with Gasteiger partial charge in [0.25, 0.3) is 0 Å². The van der Waals surface area contributed by atoms with Crippen molar-refractivity contribution in [3.63, 3.8) is 0 Å². The molecule has 1 aromatic heterocycles. The van der Waals surface area contributed by atoms with Crippen LogP contribution in [0, 0.1) is 7.43 Å². The van der Waals surface area contributed by atoms with E-state index in [0.29, 0.717) is 0 Å². The number of nitrogens with zero attached hydrogens (tertiary/aromatic N) is 3. The van der Waals surface area contributed by atoms with E-state index < -0.39 is 7.92 Å². The minimum absolute atomic E-state index is 0. The molecule has 0 aliphatic rings. The van der Waals surface area contributed by atoms with Crippen molar-refractivity contribution >= 4 is 72.8 Å². The maximum Gasteiger partial charge on any atom is 2.00 e. The molecule has 1 heterocycles. The standard InChI is InChI=1S/C28H21N3P.CH3.Cu.HI.H2O.Pd/c1-3-13-23(14-4-1)32(24-15-5-2-6-16-24)27-19-8-7-17-25(27)30-21-31-26-18-9-11-22-12-10-20-29-28(22)26;;;;;/h1-21H;1H3;;1H;1H2;/q2*-1;+2;;;+2/p-2. The monoisotopic (exact) mass is 758 g/mol. The summed E-state index contributed by atoms with van der Waals surface area (Å²) in [6.45, 7) is 0. The maximum absolute atomic E-state index is 4.78. The third-order valence-corrected chi connectivity index (χ3v) is 7.65. The van der Waals surface area contributed by atoms with E-state index in [-0.39, 0.29) is 33.3 Å². The van der Waals surface area contributed by atoms with Gasteiger partial charge in [0.1, 0.15) is 0 Å². The van der Waals surface area contributed by atoms with Gasteiger partial charge in [-0.15, -0.1) is 0 Å². The molecule has 0 radical (unpaired) electrons. The number of hydrogen-bond donors (Lipinski definition) is 0. The molecule has 4 nitrogen and oxygen atoms in total. The molecule has 0 aliphatic heterocycles. The van der Waals surface area contributed by atoms with Gasteiger partial charge in [-0.05, 0) is 41.3 Å². The zero-order valence-electron chi connectivity index (χ0n) is 19.9. The average molecular weight is 759 g/mol. The molecule has 4 aromatic carbocycles. The van der Waals surface area contributed by atoms with Gasteiger partial charge in [-0.25, -0.2) is 0 Å². The summed E-state index contributed by atoms with van der Waals surface area (Å²) in [5.41, 5.74) is 2.63. The van der Waals surface area contributed by atoms with Gasteiger partial charge in [0.05, 0.1) is 5.52 Å². The molecule has 37 heavy (non-hydrogen) atoms. The fourth-order valence-electron chi connectivity index (χ4n) is 3.69. The summed E-state index contributed by atoms with van der Waals surface area (Å²) in [5, 5.41) is 9.50. The Morgan fingerprint density at radius 2 is 1.30 bits per heavy atom. The molecule has 8 heteroatoms. The Hall–Kier alpha value is -1.94. The number of para-hydroxylation sites is 2. The van der Waals surface area contributed by atoms with E-state index in [9.17, 15) is 0 Å². The fourth-order valence-corrected chi connectivity index (χ4v) is 6.08. The fraction of sp³-hybridized carbons (Fsp3) is 0. The summed E-state index contributed by atoms with van der Waals surface area (Å²) in [4.78, 5) is 9.26. The minimum atomic E-state index is -0.734. The molecule has 0 bridgehead atoms. The van der Waals surface area contributed by atoms with Gasteiger partial charge in [0.15, 0.2) is 0 Å². The molecular formula is C29H25CuIN3OPPd. The predicted octanol–water partition coefficient (Wildman–Crippen LogP) is 7.51. The van der Waals surface area contributed by atoms with Crippen LogP contribution in [0.2, 0.25) is 0 Å². The summed E-state index contributed by atoms with van der Waals surface area (Å²) in [5.74, 6) is 0. The van der Waals surface area contributed by atoms with Crippen LogP contribution in [0.3, 0.4) is 0 Å². The Kier molecular flexibility index (Phi) is 15.7. The van der Waals surface area contributed by atoms with E-state index in [0.717, 1.165) is 22.3 Å². The first-order valence-electron chi connectivity index (χ1n) is 10.6. The second-order valence-corrected chi connectivity index (χ2v) is 9.41. The third-order valence-electron chi connectivity index (χ3n) is 5.16. The van der Waals surface area contributed by atoms with E-state index >= 15 is 0 Å². The SMILES string of the molecule is C(=Nc1ccccc1P(c1ccccc1)c1ccccc1)[N-]c1cccc2cccnc12.[CH3-].[Cu+][I].[OH-].[Pd+2]. The van der Waals surface area contributed by atoms with Gasteiger partial charge in [-0.2, -0.15) is 0 Å². The van der Waals surface area contributed by atoms with E-state index in [1.165, 1.54) is 15.9 Å². The van der Waals surface area contributed by atoms with Crippen molar-refractivity contribution in [1.29, 1.82) is 0 Å². The number of pyridine rings is 1. The number of fused-ring (bicyclic) bond motifs is 1. The van der Waals surface area contributed by atoms with Gasteiger partial charge in [-0.1, -0.05) is 116 Å². The van der Waals surface area contributed by atoms with Crippen molar-refractivity contribution in [3.8, 4) is 0 Å². The molecule has 5 aromatic rings. The van der Waals surface area contributed by atoms with Crippen molar-refractivity contribution in [2.24, 2.45) is 4.99 Å². The van der Waals surface area contributed by atoms with Crippen molar-refractivity contribution in [1.82, 2.24) is 4.98 Å². The molecule has 5 rings (SSSR count). The van der Waals surface area contributed by atoms with Crippen LogP contribution in [0.25, 0.3) is 16.2 Å².